The summed E-state index contributed by atoms with van der Waals surface area (Å²) in [4.78, 5) is 30.4. The van der Waals surface area contributed by atoms with Crippen LogP contribution in [0.5, 0.6) is 0 Å². The number of H-pyrrole nitrogens is 1. The molecule has 1 saturated heterocycles. The number of rotatable bonds is 12. The third kappa shape index (κ3) is 8.72. The number of pyridine rings is 1. The van der Waals surface area contributed by atoms with Gasteiger partial charge in [0.25, 0.3) is 5.56 Å². The first-order valence-electron chi connectivity index (χ1n) is 14.1. The van der Waals surface area contributed by atoms with E-state index in [1.165, 1.54) is 0 Å². The Morgan fingerprint density at radius 3 is 2.43 bits per heavy atom. The molecule has 1 amide bonds. The highest BCUT2D eigenvalue weighted by Crippen LogP contribution is 2.24. The summed E-state index contributed by atoms with van der Waals surface area (Å²) >= 11 is 7.76. The highest BCUT2D eigenvalue weighted by atomic mass is 35.5. The number of aryl methyl sites for hydroxylation is 1. The van der Waals surface area contributed by atoms with E-state index < -0.39 is 6.04 Å². The average molecular weight is 603 g/mol. The number of halogens is 1. The van der Waals surface area contributed by atoms with Crippen molar-refractivity contribution in [2.45, 2.75) is 42.4 Å². The van der Waals surface area contributed by atoms with Gasteiger partial charge in [0.2, 0.25) is 5.91 Å². The highest BCUT2D eigenvalue weighted by Gasteiger charge is 2.25. The van der Waals surface area contributed by atoms with E-state index in [1.54, 1.807) is 18.0 Å². The van der Waals surface area contributed by atoms with Gasteiger partial charge < -0.3 is 25.7 Å². The van der Waals surface area contributed by atoms with Crippen molar-refractivity contribution in [3.63, 3.8) is 0 Å². The van der Waals surface area contributed by atoms with Crippen molar-refractivity contribution in [1.82, 2.24) is 10.3 Å². The number of hydrogen-bond acceptors (Lipinski definition) is 6. The van der Waals surface area contributed by atoms with Gasteiger partial charge in [-0.1, -0.05) is 60.1 Å². The molecule has 0 unspecified atom stereocenters. The minimum absolute atomic E-state index is 0.0169. The molecule has 1 aromatic heterocycles. The van der Waals surface area contributed by atoms with Crippen molar-refractivity contribution in [1.29, 1.82) is 0 Å². The lowest BCUT2D eigenvalue weighted by Gasteiger charge is -2.31. The van der Waals surface area contributed by atoms with Crippen LogP contribution >= 0.6 is 23.4 Å². The molecule has 7 nitrogen and oxygen atoms in total. The smallest absolute Gasteiger partial charge is 0.271 e. The van der Waals surface area contributed by atoms with E-state index in [-0.39, 0.29) is 23.7 Å². The van der Waals surface area contributed by atoms with Crippen LogP contribution in [0.2, 0.25) is 5.02 Å². The predicted molar refractivity (Wildman–Crippen MR) is 172 cm³/mol. The third-order valence-electron chi connectivity index (χ3n) is 7.12. The number of ether oxygens (including phenoxy) is 1. The van der Waals surface area contributed by atoms with Crippen LogP contribution in [0.1, 0.15) is 17.5 Å². The Morgan fingerprint density at radius 2 is 1.67 bits per heavy atom. The molecule has 5 rings (SSSR count). The quantitative estimate of drug-likeness (QED) is 0.154. The summed E-state index contributed by atoms with van der Waals surface area (Å²) in [6.07, 6.45) is 3.56. The van der Waals surface area contributed by atoms with Crippen LogP contribution in [0, 0.1) is 0 Å². The maximum atomic E-state index is 13.4. The summed E-state index contributed by atoms with van der Waals surface area (Å²) < 4.78 is 6.41. The van der Waals surface area contributed by atoms with Crippen molar-refractivity contribution in [3.05, 3.63) is 124 Å². The van der Waals surface area contributed by atoms with E-state index in [2.05, 4.69) is 20.9 Å². The number of nitrogens with one attached hydrogen (secondary N) is 4. The zero-order valence-corrected chi connectivity index (χ0v) is 24.8. The average Bonchev–Trinajstić information content (AvgIpc) is 3.02. The summed E-state index contributed by atoms with van der Waals surface area (Å²) in [6, 6.07) is 28.2. The number of anilines is 2. The van der Waals surface area contributed by atoms with Crippen LogP contribution in [0.4, 0.5) is 11.4 Å². The monoisotopic (exact) mass is 602 g/mol. The van der Waals surface area contributed by atoms with E-state index >= 15 is 0 Å². The number of carbonyl (C=O) groups excluding carboxylic acids is 1. The number of thioether (sulfide) groups is 1. The normalized spacial score (nSPS) is 17.4. The molecule has 218 valence electrons. The molecule has 3 aromatic carbocycles. The molecule has 0 aliphatic carbocycles. The number of para-hydroxylation sites is 1. The zero-order valence-electron chi connectivity index (χ0n) is 23.2. The van der Waals surface area contributed by atoms with Crippen LogP contribution in [0.15, 0.2) is 107 Å². The molecule has 0 bridgehead atoms. The number of aromatic nitrogens is 1. The van der Waals surface area contributed by atoms with Gasteiger partial charge in [-0.25, -0.2) is 0 Å². The lowest BCUT2D eigenvalue weighted by atomic mass is 10.0. The molecule has 4 aromatic rings. The van der Waals surface area contributed by atoms with Gasteiger partial charge in [0.1, 0.15) is 11.7 Å². The predicted octanol–water partition coefficient (Wildman–Crippen LogP) is 5.77. The first-order valence-corrected chi connectivity index (χ1v) is 15.5. The Hall–Kier alpha value is -3.56. The van der Waals surface area contributed by atoms with Gasteiger partial charge in [-0.2, -0.15) is 0 Å². The summed E-state index contributed by atoms with van der Waals surface area (Å²) in [7, 11) is 0. The van der Waals surface area contributed by atoms with Gasteiger partial charge in [-0.3, -0.25) is 9.59 Å². The molecule has 1 aliphatic heterocycles. The lowest BCUT2D eigenvalue weighted by molar-refractivity contribution is -0.116. The topological polar surface area (TPSA) is 95.2 Å². The van der Waals surface area contributed by atoms with E-state index in [0.717, 1.165) is 46.3 Å². The van der Waals surface area contributed by atoms with Gasteiger partial charge in [0.15, 0.2) is 0 Å². The Balaban J connectivity index is 1.24. The van der Waals surface area contributed by atoms with Gasteiger partial charge in [-0.05, 0) is 66.4 Å². The van der Waals surface area contributed by atoms with Crippen molar-refractivity contribution in [3.8, 4) is 0 Å². The number of amides is 1. The Bertz CT molecular complexity index is 1480. The maximum Gasteiger partial charge on any atom is 0.271 e. The maximum absolute atomic E-state index is 13.4. The molecule has 1 aliphatic rings. The Morgan fingerprint density at radius 1 is 0.952 bits per heavy atom. The summed E-state index contributed by atoms with van der Waals surface area (Å²) in [5, 5.41) is 10.5. The number of morpholine rings is 1. The summed E-state index contributed by atoms with van der Waals surface area (Å²) in [5.74, 6) is 0.626. The first kappa shape index (κ1) is 29.9. The van der Waals surface area contributed by atoms with Crippen molar-refractivity contribution in [2.75, 3.05) is 29.5 Å². The van der Waals surface area contributed by atoms with Crippen molar-refractivity contribution >= 4 is 40.6 Å². The number of benzene rings is 3. The number of hydrogen-bond donors (Lipinski definition) is 4. The molecule has 2 heterocycles. The molecule has 3 atom stereocenters. The molecule has 4 N–H and O–H groups in total. The van der Waals surface area contributed by atoms with Gasteiger partial charge >= 0.3 is 0 Å². The van der Waals surface area contributed by atoms with E-state index in [9.17, 15) is 9.59 Å². The minimum Gasteiger partial charge on any atom is -0.371 e. The van der Waals surface area contributed by atoms with Gasteiger partial charge in [-0.15, -0.1) is 11.8 Å². The van der Waals surface area contributed by atoms with Crippen LogP contribution in [-0.4, -0.2) is 48.0 Å². The van der Waals surface area contributed by atoms with E-state index in [0.29, 0.717) is 24.2 Å². The summed E-state index contributed by atoms with van der Waals surface area (Å²) in [6.45, 7) is 1.55. The Labute approximate surface area is 255 Å². The fourth-order valence-corrected chi connectivity index (χ4v) is 5.98. The third-order valence-corrected chi connectivity index (χ3v) is 8.52. The van der Waals surface area contributed by atoms with Crippen molar-refractivity contribution < 1.29 is 9.53 Å². The fourth-order valence-electron chi connectivity index (χ4n) is 4.95. The standard InChI is InChI=1S/C33H35ClN4O3S/c34-25-12-15-29(16-13-25)42-22-28-21-35-20-27(41-28)14-11-24-17-18-36-33(40)31(24)38-30(19-23-7-3-1-4-8-23)32(39)37-26-9-5-2-6-10-26/h1-10,12-13,15-18,27-28,30,35,38H,11,14,19-22H2,(H,36,40)(H,37,39)/t27-,28+,30+/m1/s1. The zero-order chi connectivity index (χ0) is 29.1. The van der Waals surface area contributed by atoms with Crippen LogP contribution in [0.25, 0.3) is 0 Å². The molecule has 0 saturated carbocycles. The molecule has 42 heavy (non-hydrogen) atoms. The Kier molecular flexibility index (Phi) is 10.7. The largest absolute Gasteiger partial charge is 0.371 e. The molecule has 1 fully saturated rings. The van der Waals surface area contributed by atoms with Crippen LogP contribution in [0.3, 0.4) is 0 Å². The second kappa shape index (κ2) is 15.1. The van der Waals surface area contributed by atoms with Crippen LogP contribution in [-0.2, 0) is 22.4 Å². The van der Waals surface area contributed by atoms with E-state index in [1.807, 2.05) is 91.0 Å². The highest BCUT2D eigenvalue weighted by molar-refractivity contribution is 7.99. The number of carbonyl (C=O) groups is 1. The molecular formula is C33H35ClN4O3S. The molecule has 0 spiro atoms. The number of aromatic amines is 1. The summed E-state index contributed by atoms with van der Waals surface area (Å²) in [5.41, 5.74) is 2.72. The lowest BCUT2D eigenvalue weighted by Crippen LogP contribution is -2.46. The van der Waals surface area contributed by atoms with Crippen molar-refractivity contribution in [2.24, 2.45) is 0 Å². The minimum atomic E-state index is -0.656. The SMILES string of the molecule is O=C(Nc1ccccc1)[C@H](Cc1ccccc1)Nc1c(CC[C@@H]2CNC[C@@H](CSc3ccc(Cl)cc3)O2)cc[nH]c1=O. The fraction of sp³-hybridized carbons (Fsp3) is 0.273. The molecular weight excluding hydrogens is 568 g/mol. The van der Waals surface area contributed by atoms with Gasteiger partial charge in [0.05, 0.1) is 12.2 Å². The van der Waals surface area contributed by atoms with Crippen LogP contribution < -0.4 is 21.5 Å². The second-order valence-corrected chi connectivity index (χ2v) is 11.8. The first-order chi connectivity index (χ1) is 20.5. The molecule has 9 heteroatoms. The molecule has 0 radical (unpaired) electrons. The van der Waals surface area contributed by atoms with Gasteiger partial charge in [0, 0.05) is 47.1 Å². The van der Waals surface area contributed by atoms with E-state index in [4.69, 9.17) is 16.3 Å². The second-order valence-electron chi connectivity index (χ2n) is 10.3.